The molecule has 0 spiro atoms. The SMILES string of the molecule is O=S(=O)(Cl)N(C1(CCCF)NCCS1)S(=O)(=O)Cl. The highest BCUT2D eigenvalue weighted by Gasteiger charge is 2.52. The van der Waals surface area contributed by atoms with Crippen molar-refractivity contribution in [3.63, 3.8) is 0 Å². The molecule has 0 saturated carbocycles. The summed E-state index contributed by atoms with van der Waals surface area (Å²) in [4.78, 5) is -1.55. The van der Waals surface area contributed by atoms with Crippen molar-refractivity contribution in [1.29, 1.82) is 0 Å². The second-order valence-corrected chi connectivity index (χ2v) is 9.76. The largest absolute Gasteiger partial charge is 0.316 e. The molecule has 12 heteroatoms. The van der Waals surface area contributed by atoms with Gasteiger partial charge in [0.25, 0.3) is 0 Å². The van der Waals surface area contributed by atoms with Crippen molar-refractivity contribution in [2.24, 2.45) is 0 Å². The molecule has 0 aromatic carbocycles. The van der Waals surface area contributed by atoms with Crippen LogP contribution in [0.25, 0.3) is 0 Å². The van der Waals surface area contributed by atoms with Crippen LogP contribution in [0, 0.1) is 0 Å². The summed E-state index contributed by atoms with van der Waals surface area (Å²) in [6.07, 6.45) is -0.0820. The van der Waals surface area contributed by atoms with E-state index in [1.165, 1.54) is 0 Å². The lowest BCUT2D eigenvalue weighted by molar-refractivity contribution is 0.310. The molecule has 0 aromatic rings. The lowest BCUT2D eigenvalue weighted by atomic mass is 10.2. The predicted molar refractivity (Wildman–Crippen MR) is 69.8 cm³/mol. The maximum Gasteiger partial charge on any atom is 0.316 e. The van der Waals surface area contributed by atoms with Crippen LogP contribution >= 0.6 is 33.1 Å². The zero-order valence-electron chi connectivity index (χ0n) is 8.97. The van der Waals surface area contributed by atoms with E-state index in [4.69, 9.17) is 21.4 Å². The van der Waals surface area contributed by atoms with Gasteiger partial charge in [-0.05, 0) is 16.6 Å². The van der Waals surface area contributed by atoms with E-state index in [1.807, 2.05) is 0 Å². The Bertz CT molecular complexity index is 459. The van der Waals surface area contributed by atoms with Crippen molar-refractivity contribution in [3.05, 3.63) is 0 Å². The summed E-state index contributed by atoms with van der Waals surface area (Å²) in [5.41, 5.74) is 0. The van der Waals surface area contributed by atoms with Crippen LogP contribution in [0.2, 0.25) is 0 Å². The first-order valence-electron chi connectivity index (χ1n) is 4.78. The molecule has 1 fully saturated rings. The van der Waals surface area contributed by atoms with Crippen molar-refractivity contribution in [2.45, 2.75) is 17.8 Å². The first-order chi connectivity index (χ1) is 8.13. The van der Waals surface area contributed by atoms with Crippen LogP contribution in [0.4, 0.5) is 4.39 Å². The van der Waals surface area contributed by atoms with E-state index in [2.05, 4.69) is 5.32 Å². The molecule has 0 aromatic heterocycles. The predicted octanol–water partition coefficient (Wildman–Crippen LogP) is 0.996. The van der Waals surface area contributed by atoms with Crippen LogP contribution in [-0.4, -0.2) is 44.5 Å². The number of hydrogen-bond acceptors (Lipinski definition) is 6. The number of nitrogens with one attached hydrogen (secondary N) is 1. The van der Waals surface area contributed by atoms with E-state index < -0.39 is 30.1 Å². The Morgan fingerprint density at radius 2 is 1.83 bits per heavy atom. The monoisotopic (exact) mass is 360 g/mol. The average molecular weight is 361 g/mol. The summed E-state index contributed by atoms with van der Waals surface area (Å²) < 4.78 is 57.9. The van der Waals surface area contributed by atoms with Gasteiger partial charge < -0.3 is 0 Å². The third-order valence-electron chi connectivity index (χ3n) is 2.18. The molecule has 1 heterocycles. The van der Waals surface area contributed by atoms with Crippen LogP contribution in [0.15, 0.2) is 0 Å². The van der Waals surface area contributed by atoms with Gasteiger partial charge in [0.05, 0.1) is 6.67 Å². The summed E-state index contributed by atoms with van der Waals surface area (Å²) in [7, 11) is 1.01. The Morgan fingerprint density at radius 3 is 2.17 bits per heavy atom. The third-order valence-corrected chi connectivity index (χ3v) is 7.74. The van der Waals surface area contributed by atoms with Gasteiger partial charge in [-0.25, -0.2) is 0 Å². The van der Waals surface area contributed by atoms with Gasteiger partial charge in [-0.3, -0.25) is 9.71 Å². The fourth-order valence-corrected chi connectivity index (χ4v) is 8.11. The van der Waals surface area contributed by atoms with E-state index in [0.29, 0.717) is 12.3 Å². The van der Waals surface area contributed by atoms with E-state index in [1.54, 1.807) is 0 Å². The van der Waals surface area contributed by atoms with Crippen molar-refractivity contribution < 1.29 is 21.2 Å². The minimum Gasteiger partial charge on any atom is -0.288 e. The standard InChI is InChI=1S/C6H11Cl2FN2O4S3/c7-17(12,13)11(18(8,14)15)6(2-1-3-9)10-4-5-16-6/h10H,1-5H2. The van der Waals surface area contributed by atoms with Gasteiger partial charge in [0.2, 0.25) is 0 Å². The molecular weight excluding hydrogens is 350 g/mol. The molecule has 1 saturated heterocycles. The van der Waals surface area contributed by atoms with Gasteiger partial charge in [-0.1, -0.05) is 0 Å². The molecule has 0 radical (unpaired) electrons. The Kier molecular flexibility index (Phi) is 5.56. The lowest BCUT2D eigenvalue weighted by Crippen LogP contribution is -2.55. The van der Waals surface area contributed by atoms with Gasteiger partial charge >= 0.3 is 18.5 Å². The minimum absolute atomic E-state index is 0.00341. The summed E-state index contributed by atoms with van der Waals surface area (Å²) in [5, 5.41) is 2.71. The Hall–Kier alpha value is 0.680. The number of hydrogen-bond donors (Lipinski definition) is 1. The van der Waals surface area contributed by atoms with Gasteiger partial charge in [0, 0.05) is 33.7 Å². The zero-order chi connectivity index (χ0) is 14.0. The molecule has 1 atom stereocenters. The normalized spacial score (nSPS) is 25.8. The molecule has 1 aliphatic heterocycles. The van der Waals surface area contributed by atoms with Gasteiger partial charge in [-0.15, -0.1) is 11.8 Å². The second kappa shape index (κ2) is 5.98. The number of halogens is 3. The Balaban J connectivity index is 3.23. The fourth-order valence-electron chi connectivity index (χ4n) is 1.65. The van der Waals surface area contributed by atoms with Crippen molar-refractivity contribution >= 4 is 51.6 Å². The zero-order valence-corrected chi connectivity index (χ0v) is 12.9. The highest BCUT2D eigenvalue weighted by atomic mass is 35.7. The first kappa shape index (κ1) is 16.7. The maximum atomic E-state index is 12.3. The molecule has 18 heavy (non-hydrogen) atoms. The van der Waals surface area contributed by atoms with Crippen molar-refractivity contribution in [2.75, 3.05) is 19.0 Å². The smallest absolute Gasteiger partial charge is 0.288 e. The molecule has 1 N–H and O–H groups in total. The minimum atomic E-state index is -4.62. The molecule has 0 aliphatic carbocycles. The summed E-state index contributed by atoms with van der Waals surface area (Å²) >= 11 is 1.01. The van der Waals surface area contributed by atoms with E-state index in [9.17, 15) is 21.2 Å². The Labute approximate surface area is 118 Å². The van der Waals surface area contributed by atoms with Crippen molar-refractivity contribution in [1.82, 2.24) is 9.03 Å². The van der Waals surface area contributed by atoms with Gasteiger partial charge in [-0.2, -0.15) is 16.8 Å². The first-order valence-corrected chi connectivity index (χ1v) is 10.3. The molecule has 1 aliphatic rings. The summed E-state index contributed by atoms with van der Waals surface area (Å²) in [5.74, 6) is 0.460. The molecule has 6 nitrogen and oxygen atoms in total. The van der Waals surface area contributed by atoms with Crippen LogP contribution in [-0.2, 0) is 18.5 Å². The van der Waals surface area contributed by atoms with E-state index in [-0.39, 0.29) is 16.6 Å². The van der Waals surface area contributed by atoms with E-state index in [0.717, 1.165) is 11.8 Å². The second-order valence-electron chi connectivity index (χ2n) is 3.43. The highest BCUT2D eigenvalue weighted by molar-refractivity contribution is 8.25. The third kappa shape index (κ3) is 3.84. The molecular formula is C6H11Cl2FN2O4S3. The van der Waals surface area contributed by atoms with Crippen LogP contribution in [0.5, 0.6) is 0 Å². The Morgan fingerprint density at radius 1 is 1.28 bits per heavy atom. The number of nitrogens with zero attached hydrogens (tertiary/aromatic N) is 1. The molecule has 1 rings (SSSR count). The quantitative estimate of drug-likeness (QED) is 0.711. The topological polar surface area (TPSA) is 83.6 Å². The summed E-state index contributed by atoms with van der Waals surface area (Å²) in [6.45, 7) is -0.339. The number of rotatable bonds is 6. The average Bonchev–Trinajstić information content (AvgIpc) is 2.59. The molecule has 0 amide bonds. The van der Waals surface area contributed by atoms with E-state index >= 15 is 0 Å². The number of thioether (sulfide) groups is 1. The fraction of sp³-hybridized carbons (Fsp3) is 1.00. The highest BCUT2D eigenvalue weighted by Crippen LogP contribution is 2.41. The molecule has 0 bridgehead atoms. The van der Waals surface area contributed by atoms with Crippen LogP contribution in [0.3, 0.4) is 0 Å². The lowest BCUT2D eigenvalue weighted by Gasteiger charge is -2.34. The van der Waals surface area contributed by atoms with Crippen LogP contribution in [0.1, 0.15) is 12.8 Å². The summed E-state index contributed by atoms with van der Waals surface area (Å²) in [6, 6.07) is 0. The van der Waals surface area contributed by atoms with Gasteiger partial charge in [0.15, 0.2) is 4.99 Å². The van der Waals surface area contributed by atoms with Crippen molar-refractivity contribution in [3.8, 4) is 0 Å². The van der Waals surface area contributed by atoms with Crippen LogP contribution < -0.4 is 5.32 Å². The molecule has 108 valence electrons. The molecule has 1 unspecified atom stereocenters. The maximum absolute atomic E-state index is 12.3. The van der Waals surface area contributed by atoms with Gasteiger partial charge in [0.1, 0.15) is 0 Å². The number of alkyl halides is 1.